The van der Waals surface area contributed by atoms with Crippen molar-refractivity contribution in [2.24, 2.45) is 5.73 Å². The molecule has 9 heteroatoms. The first-order valence-corrected chi connectivity index (χ1v) is 5.44. The number of nitrogen functional groups attached to an aromatic ring is 1. The maximum Gasteiger partial charge on any atom is 0.402 e. The molecule has 0 saturated heterocycles. The highest BCUT2D eigenvalue weighted by Crippen LogP contribution is 2.35. The normalized spacial score (nSPS) is 15.6. The van der Waals surface area contributed by atoms with Gasteiger partial charge in [-0.2, -0.15) is 13.2 Å². The summed E-state index contributed by atoms with van der Waals surface area (Å²) < 4.78 is 37.8. The van der Waals surface area contributed by atoms with Crippen molar-refractivity contribution in [3.05, 3.63) is 16.4 Å². The quantitative estimate of drug-likeness (QED) is 0.554. The maximum atomic E-state index is 12.6. The number of hydrogen-bond acceptors (Lipinski definition) is 5. The van der Waals surface area contributed by atoms with Crippen molar-refractivity contribution in [3.8, 4) is 0 Å². The van der Waals surface area contributed by atoms with Gasteiger partial charge < -0.3 is 16.5 Å². The van der Waals surface area contributed by atoms with Crippen LogP contribution in [0.3, 0.4) is 0 Å². The second kappa shape index (κ2) is 4.96. The van der Waals surface area contributed by atoms with Crippen LogP contribution in [0.4, 0.5) is 19.0 Å². The van der Waals surface area contributed by atoms with Crippen LogP contribution in [0.15, 0.2) is 16.0 Å². The number of halogens is 3. The van der Waals surface area contributed by atoms with Gasteiger partial charge in [-0.15, -0.1) is 0 Å². The molecule has 0 amide bonds. The fourth-order valence-electron chi connectivity index (χ4n) is 1.10. The van der Waals surface area contributed by atoms with Crippen LogP contribution in [-0.2, 0) is 0 Å². The number of alkyl halides is 3. The highest BCUT2D eigenvalue weighted by Gasteiger charge is 2.43. The Morgan fingerprint density at radius 3 is 2.53 bits per heavy atom. The average molecular weight is 268 g/mol. The minimum Gasteiger partial charge on any atom is -0.383 e. The first-order chi connectivity index (χ1) is 7.70. The van der Waals surface area contributed by atoms with Crippen LogP contribution in [0.1, 0.15) is 6.92 Å². The van der Waals surface area contributed by atoms with E-state index in [2.05, 4.69) is 9.97 Å². The molecule has 96 valence electrons. The predicted octanol–water partition coefficient (Wildman–Crippen LogP) is 0.722. The molecule has 1 heterocycles. The Balaban J connectivity index is 2.98. The lowest BCUT2D eigenvalue weighted by Gasteiger charge is -2.22. The molecule has 0 aliphatic heterocycles. The van der Waals surface area contributed by atoms with Gasteiger partial charge in [-0.25, -0.2) is 4.98 Å². The number of thioether (sulfide) groups is 1. The Morgan fingerprint density at radius 2 is 2.12 bits per heavy atom. The zero-order chi connectivity index (χ0) is 13.2. The average Bonchev–Trinajstić information content (AvgIpc) is 2.10. The summed E-state index contributed by atoms with van der Waals surface area (Å²) in [5.41, 5.74) is 9.91. The van der Waals surface area contributed by atoms with Gasteiger partial charge in [-0.05, 0) is 6.92 Å². The lowest BCUT2D eigenvalue weighted by atomic mass is 10.2. The zero-order valence-corrected chi connectivity index (χ0v) is 9.60. The number of aromatic nitrogens is 2. The van der Waals surface area contributed by atoms with Gasteiger partial charge in [0.15, 0.2) is 5.16 Å². The van der Waals surface area contributed by atoms with Crippen LogP contribution in [0.2, 0.25) is 0 Å². The molecule has 2 atom stereocenters. The van der Waals surface area contributed by atoms with Crippen molar-refractivity contribution in [2.75, 3.05) is 5.73 Å². The van der Waals surface area contributed by atoms with Gasteiger partial charge in [0.1, 0.15) is 11.1 Å². The van der Waals surface area contributed by atoms with Crippen molar-refractivity contribution in [1.29, 1.82) is 0 Å². The van der Waals surface area contributed by atoms with Crippen LogP contribution in [0.25, 0.3) is 0 Å². The van der Waals surface area contributed by atoms with Gasteiger partial charge in [0.2, 0.25) is 0 Å². The molecule has 0 spiro atoms. The maximum absolute atomic E-state index is 12.6. The standard InChI is InChI=1S/C8H11F3N4OS/c1-3(12)6(8(9,10)11)17-7-14-4(13)2-5(16)15-7/h2-3,6H,12H2,1H3,(H3,13,14,15,16). The summed E-state index contributed by atoms with van der Waals surface area (Å²) in [6.07, 6.45) is -4.48. The third-order valence-electron chi connectivity index (χ3n) is 1.78. The van der Waals surface area contributed by atoms with Crippen molar-refractivity contribution in [1.82, 2.24) is 9.97 Å². The van der Waals surface area contributed by atoms with Gasteiger partial charge in [0.05, 0.1) is 0 Å². The molecule has 0 saturated carbocycles. The number of hydrogen-bond donors (Lipinski definition) is 3. The Labute approximate surface area is 98.8 Å². The van der Waals surface area contributed by atoms with E-state index in [9.17, 15) is 18.0 Å². The van der Waals surface area contributed by atoms with Crippen molar-refractivity contribution in [3.63, 3.8) is 0 Å². The third-order valence-corrected chi connectivity index (χ3v) is 3.15. The molecule has 5 nitrogen and oxygen atoms in total. The number of anilines is 1. The summed E-state index contributed by atoms with van der Waals surface area (Å²) in [6.45, 7) is 1.23. The van der Waals surface area contributed by atoms with Gasteiger partial charge in [-0.1, -0.05) is 11.8 Å². The lowest BCUT2D eigenvalue weighted by Crippen LogP contribution is -2.40. The Hall–Kier alpha value is -1.22. The first-order valence-electron chi connectivity index (χ1n) is 4.56. The molecule has 0 aromatic carbocycles. The molecule has 0 radical (unpaired) electrons. The summed E-state index contributed by atoms with van der Waals surface area (Å²) in [7, 11) is 0. The van der Waals surface area contributed by atoms with Crippen LogP contribution < -0.4 is 17.0 Å². The Morgan fingerprint density at radius 1 is 1.53 bits per heavy atom. The summed E-state index contributed by atoms with van der Waals surface area (Å²) in [5, 5.41) is -2.05. The summed E-state index contributed by atoms with van der Waals surface area (Å²) >= 11 is 0.335. The summed E-state index contributed by atoms with van der Waals surface area (Å²) in [4.78, 5) is 16.8. The SMILES string of the molecule is CC(N)C(Sc1nc(N)cc(=O)[nH]1)C(F)(F)F. The van der Waals surface area contributed by atoms with E-state index >= 15 is 0 Å². The van der Waals surface area contributed by atoms with Crippen LogP contribution in [0, 0.1) is 0 Å². The van der Waals surface area contributed by atoms with Crippen molar-refractivity contribution >= 4 is 17.6 Å². The van der Waals surface area contributed by atoms with Crippen molar-refractivity contribution in [2.45, 2.75) is 29.5 Å². The molecular weight excluding hydrogens is 257 g/mol. The van der Waals surface area contributed by atoms with E-state index in [0.29, 0.717) is 11.8 Å². The lowest BCUT2D eigenvalue weighted by molar-refractivity contribution is -0.131. The molecule has 5 N–H and O–H groups in total. The van der Waals surface area contributed by atoms with E-state index < -0.39 is 23.0 Å². The fraction of sp³-hybridized carbons (Fsp3) is 0.500. The molecule has 0 fully saturated rings. The molecule has 1 aromatic heterocycles. The smallest absolute Gasteiger partial charge is 0.383 e. The molecule has 1 aromatic rings. The number of H-pyrrole nitrogens is 1. The summed E-state index contributed by atoms with van der Waals surface area (Å²) in [6, 6.07) is -0.148. The second-order valence-corrected chi connectivity index (χ2v) is 4.54. The molecule has 0 aliphatic carbocycles. The number of rotatable bonds is 3. The minimum absolute atomic E-state index is 0.137. The fourth-order valence-corrected chi connectivity index (χ4v) is 2.01. The third kappa shape index (κ3) is 3.93. The number of nitrogens with zero attached hydrogens (tertiary/aromatic N) is 1. The first kappa shape index (κ1) is 13.8. The number of nitrogens with one attached hydrogen (secondary N) is 1. The Bertz CT molecular complexity index is 445. The van der Waals surface area contributed by atoms with E-state index in [1.165, 1.54) is 6.92 Å². The van der Waals surface area contributed by atoms with Gasteiger partial charge in [-0.3, -0.25) is 4.79 Å². The highest BCUT2D eigenvalue weighted by molar-refractivity contribution is 7.99. The molecule has 0 aliphatic rings. The largest absolute Gasteiger partial charge is 0.402 e. The zero-order valence-electron chi connectivity index (χ0n) is 8.78. The van der Waals surface area contributed by atoms with Gasteiger partial charge >= 0.3 is 6.18 Å². The van der Waals surface area contributed by atoms with E-state index in [0.717, 1.165) is 6.07 Å². The molecule has 2 unspecified atom stereocenters. The monoisotopic (exact) mass is 268 g/mol. The van der Waals surface area contributed by atoms with E-state index in [4.69, 9.17) is 11.5 Å². The van der Waals surface area contributed by atoms with Crippen LogP contribution >= 0.6 is 11.8 Å². The number of nitrogens with two attached hydrogens (primary N) is 2. The van der Waals surface area contributed by atoms with E-state index in [1.54, 1.807) is 0 Å². The minimum atomic E-state index is -4.48. The van der Waals surface area contributed by atoms with Crippen molar-refractivity contribution < 1.29 is 13.2 Å². The molecule has 0 bridgehead atoms. The van der Waals surface area contributed by atoms with Gasteiger partial charge in [0, 0.05) is 12.1 Å². The topological polar surface area (TPSA) is 97.8 Å². The van der Waals surface area contributed by atoms with Crippen LogP contribution in [0.5, 0.6) is 0 Å². The van der Waals surface area contributed by atoms with Crippen LogP contribution in [-0.4, -0.2) is 27.4 Å². The Kier molecular flexibility index (Phi) is 4.04. The molecule has 17 heavy (non-hydrogen) atoms. The van der Waals surface area contributed by atoms with E-state index in [1.807, 2.05) is 0 Å². The second-order valence-electron chi connectivity index (χ2n) is 3.41. The van der Waals surface area contributed by atoms with Gasteiger partial charge in [0.25, 0.3) is 5.56 Å². The number of aromatic amines is 1. The molecule has 1 rings (SSSR count). The summed E-state index contributed by atoms with van der Waals surface area (Å²) in [5.74, 6) is -0.137. The predicted molar refractivity (Wildman–Crippen MR) is 58.6 cm³/mol. The molecular formula is C8H11F3N4OS. The highest BCUT2D eigenvalue weighted by atomic mass is 32.2. The van der Waals surface area contributed by atoms with E-state index in [-0.39, 0.29) is 11.0 Å².